The van der Waals surface area contributed by atoms with E-state index in [0.717, 1.165) is 23.4 Å². The monoisotopic (exact) mass is 399 g/mol. The molecule has 1 aliphatic rings. The summed E-state index contributed by atoms with van der Waals surface area (Å²) in [5.74, 6) is -0.0715. The van der Waals surface area contributed by atoms with Gasteiger partial charge < -0.3 is 9.80 Å². The van der Waals surface area contributed by atoms with E-state index in [0.29, 0.717) is 12.0 Å². The zero-order valence-corrected chi connectivity index (χ0v) is 17.2. The van der Waals surface area contributed by atoms with Crippen LogP contribution in [0.15, 0.2) is 79.1 Å². The number of para-hydroxylation sites is 2. The van der Waals surface area contributed by atoms with Gasteiger partial charge in [0.1, 0.15) is 0 Å². The second kappa shape index (κ2) is 8.49. The SMILES string of the molecule is CC[C@@H]1C[C@H](N(C(C)=O)c2ccccc2)c2ccccc2N1C(=O)c1cccnc1. The maximum atomic E-state index is 13.4. The summed E-state index contributed by atoms with van der Waals surface area (Å²) in [5.41, 5.74) is 3.28. The van der Waals surface area contributed by atoms with E-state index in [4.69, 9.17) is 0 Å². The number of benzene rings is 2. The molecule has 0 N–H and O–H groups in total. The van der Waals surface area contributed by atoms with Gasteiger partial charge in [-0.2, -0.15) is 0 Å². The molecule has 2 amide bonds. The van der Waals surface area contributed by atoms with Crippen molar-refractivity contribution in [3.05, 3.63) is 90.3 Å². The van der Waals surface area contributed by atoms with Crippen molar-refractivity contribution in [3.8, 4) is 0 Å². The molecule has 2 heterocycles. The van der Waals surface area contributed by atoms with Gasteiger partial charge in [0.2, 0.25) is 5.91 Å². The van der Waals surface area contributed by atoms with Crippen LogP contribution in [-0.2, 0) is 4.79 Å². The molecule has 0 spiro atoms. The first-order valence-corrected chi connectivity index (χ1v) is 10.3. The van der Waals surface area contributed by atoms with Crippen LogP contribution >= 0.6 is 0 Å². The minimum Gasteiger partial charge on any atom is -0.305 e. The Kier molecular flexibility index (Phi) is 5.61. The van der Waals surface area contributed by atoms with Crippen molar-refractivity contribution in [2.45, 2.75) is 38.8 Å². The van der Waals surface area contributed by atoms with Crippen LogP contribution in [0.4, 0.5) is 11.4 Å². The van der Waals surface area contributed by atoms with Gasteiger partial charge in [0, 0.05) is 36.7 Å². The van der Waals surface area contributed by atoms with E-state index in [1.165, 1.54) is 0 Å². The number of amides is 2. The minimum atomic E-state index is -0.135. The molecule has 1 aromatic heterocycles. The van der Waals surface area contributed by atoms with E-state index in [1.54, 1.807) is 31.5 Å². The molecule has 5 nitrogen and oxygen atoms in total. The molecule has 152 valence electrons. The summed E-state index contributed by atoms with van der Waals surface area (Å²) in [6.45, 7) is 3.68. The Labute approximate surface area is 177 Å². The van der Waals surface area contributed by atoms with Gasteiger partial charge in [0.25, 0.3) is 5.91 Å². The standard InChI is InChI=1S/C25H25N3O2/c1-3-20-16-24(27(18(2)29)21-11-5-4-6-12-21)22-13-7-8-14-23(22)28(20)25(30)19-10-9-15-26-17-19/h4-15,17,20,24H,3,16H2,1-2H3/t20-,24+/m1/s1. The van der Waals surface area contributed by atoms with Crippen molar-refractivity contribution in [2.75, 3.05) is 9.80 Å². The second-order valence-electron chi connectivity index (χ2n) is 7.51. The number of anilines is 2. The third-order valence-corrected chi connectivity index (χ3v) is 5.70. The number of hydrogen-bond donors (Lipinski definition) is 0. The fraction of sp³-hybridized carbons (Fsp3) is 0.240. The lowest BCUT2D eigenvalue weighted by Gasteiger charge is -2.44. The molecule has 0 bridgehead atoms. The molecule has 5 heteroatoms. The molecule has 0 fully saturated rings. The third kappa shape index (κ3) is 3.59. The lowest BCUT2D eigenvalue weighted by molar-refractivity contribution is -0.117. The van der Waals surface area contributed by atoms with Gasteiger partial charge in [-0.05, 0) is 48.7 Å². The van der Waals surface area contributed by atoms with Crippen LogP contribution in [0.5, 0.6) is 0 Å². The van der Waals surface area contributed by atoms with Gasteiger partial charge in [0.15, 0.2) is 0 Å². The lowest BCUT2D eigenvalue weighted by atomic mass is 9.87. The Morgan fingerprint density at radius 3 is 2.43 bits per heavy atom. The predicted octanol–water partition coefficient (Wildman–Crippen LogP) is 5.00. The van der Waals surface area contributed by atoms with Crippen LogP contribution in [0.2, 0.25) is 0 Å². The molecule has 2 atom stereocenters. The number of hydrogen-bond acceptors (Lipinski definition) is 3. The van der Waals surface area contributed by atoms with E-state index in [2.05, 4.69) is 11.9 Å². The number of carbonyl (C=O) groups is 2. The number of rotatable bonds is 4. The van der Waals surface area contributed by atoms with Crippen LogP contribution in [0.1, 0.15) is 48.7 Å². The topological polar surface area (TPSA) is 53.5 Å². The van der Waals surface area contributed by atoms with Crippen molar-refractivity contribution < 1.29 is 9.59 Å². The van der Waals surface area contributed by atoms with Gasteiger partial charge in [0.05, 0.1) is 11.6 Å². The molecule has 0 radical (unpaired) electrons. The van der Waals surface area contributed by atoms with E-state index in [-0.39, 0.29) is 23.9 Å². The highest BCUT2D eigenvalue weighted by atomic mass is 16.2. The molecule has 0 saturated heterocycles. The largest absolute Gasteiger partial charge is 0.305 e. The number of fused-ring (bicyclic) bond motifs is 1. The van der Waals surface area contributed by atoms with Crippen molar-refractivity contribution in [3.63, 3.8) is 0 Å². The van der Waals surface area contributed by atoms with Gasteiger partial charge in [-0.15, -0.1) is 0 Å². The second-order valence-corrected chi connectivity index (χ2v) is 7.51. The summed E-state index contributed by atoms with van der Waals surface area (Å²) in [6.07, 6.45) is 4.74. The molecule has 3 aromatic rings. The number of nitrogens with zero attached hydrogens (tertiary/aromatic N) is 3. The Hall–Kier alpha value is -3.47. The molecular weight excluding hydrogens is 374 g/mol. The minimum absolute atomic E-state index is 0.0112. The summed E-state index contributed by atoms with van der Waals surface area (Å²) in [4.78, 5) is 34.0. The van der Waals surface area contributed by atoms with Gasteiger partial charge in [-0.1, -0.05) is 43.3 Å². The van der Waals surface area contributed by atoms with Crippen LogP contribution in [0.25, 0.3) is 0 Å². The summed E-state index contributed by atoms with van der Waals surface area (Å²) in [6, 6.07) is 21.1. The smallest absolute Gasteiger partial charge is 0.260 e. The fourth-order valence-corrected chi connectivity index (χ4v) is 4.34. The molecule has 0 unspecified atom stereocenters. The highest BCUT2D eigenvalue weighted by Crippen LogP contribution is 2.43. The average Bonchev–Trinajstić information content (AvgIpc) is 2.79. The van der Waals surface area contributed by atoms with Crippen LogP contribution < -0.4 is 9.80 Å². The van der Waals surface area contributed by atoms with E-state index >= 15 is 0 Å². The van der Waals surface area contributed by atoms with E-state index in [1.807, 2.05) is 64.4 Å². The Bertz CT molecular complexity index is 1040. The van der Waals surface area contributed by atoms with Crippen molar-refractivity contribution >= 4 is 23.2 Å². The fourth-order valence-electron chi connectivity index (χ4n) is 4.34. The molecule has 1 aliphatic heterocycles. The molecule has 4 rings (SSSR count). The normalized spacial score (nSPS) is 17.9. The quantitative estimate of drug-likeness (QED) is 0.620. The van der Waals surface area contributed by atoms with Gasteiger partial charge >= 0.3 is 0 Å². The van der Waals surface area contributed by atoms with E-state index < -0.39 is 0 Å². The third-order valence-electron chi connectivity index (χ3n) is 5.70. The van der Waals surface area contributed by atoms with Crippen LogP contribution in [-0.4, -0.2) is 22.8 Å². The molecule has 30 heavy (non-hydrogen) atoms. The highest BCUT2D eigenvalue weighted by molar-refractivity contribution is 6.07. The Morgan fingerprint density at radius 1 is 1.03 bits per heavy atom. The first-order valence-electron chi connectivity index (χ1n) is 10.3. The summed E-state index contributed by atoms with van der Waals surface area (Å²) >= 11 is 0. The maximum Gasteiger partial charge on any atom is 0.260 e. The van der Waals surface area contributed by atoms with Gasteiger partial charge in [-0.25, -0.2) is 0 Å². The molecule has 0 aliphatic carbocycles. The molecular formula is C25H25N3O2. The summed E-state index contributed by atoms with van der Waals surface area (Å²) in [7, 11) is 0. The molecule has 0 saturated carbocycles. The van der Waals surface area contributed by atoms with Gasteiger partial charge in [-0.3, -0.25) is 14.6 Å². The number of pyridine rings is 1. The average molecular weight is 399 g/mol. The first kappa shape index (κ1) is 19.8. The number of carbonyl (C=O) groups excluding carboxylic acids is 2. The predicted molar refractivity (Wildman–Crippen MR) is 119 cm³/mol. The van der Waals surface area contributed by atoms with Crippen LogP contribution in [0, 0.1) is 0 Å². The van der Waals surface area contributed by atoms with Crippen molar-refractivity contribution in [1.82, 2.24) is 4.98 Å². The summed E-state index contributed by atoms with van der Waals surface area (Å²) in [5, 5.41) is 0. The lowest BCUT2D eigenvalue weighted by Crippen LogP contribution is -2.48. The Morgan fingerprint density at radius 2 is 1.77 bits per heavy atom. The first-order chi connectivity index (χ1) is 14.6. The van der Waals surface area contributed by atoms with Crippen molar-refractivity contribution in [1.29, 1.82) is 0 Å². The maximum absolute atomic E-state index is 13.4. The van der Waals surface area contributed by atoms with E-state index in [9.17, 15) is 9.59 Å². The number of aromatic nitrogens is 1. The highest BCUT2D eigenvalue weighted by Gasteiger charge is 2.39. The zero-order valence-electron chi connectivity index (χ0n) is 17.2. The Balaban J connectivity index is 1.82. The summed E-state index contributed by atoms with van der Waals surface area (Å²) < 4.78 is 0. The van der Waals surface area contributed by atoms with Crippen LogP contribution in [0.3, 0.4) is 0 Å². The van der Waals surface area contributed by atoms with Crippen molar-refractivity contribution in [2.24, 2.45) is 0 Å². The zero-order chi connectivity index (χ0) is 21.1. The molecule has 2 aromatic carbocycles.